The molecule has 3 rings (SSSR count). The maximum atomic E-state index is 13.7. The van der Waals surface area contributed by atoms with Crippen molar-refractivity contribution in [3.05, 3.63) is 70.0 Å². The first-order valence-corrected chi connectivity index (χ1v) is 6.87. The van der Waals surface area contributed by atoms with Crippen molar-refractivity contribution < 1.29 is 18.0 Å². The number of halogens is 3. The lowest BCUT2D eigenvalue weighted by molar-refractivity contribution is 0.103. The van der Waals surface area contributed by atoms with Crippen molar-refractivity contribution in [3.8, 4) is 0 Å². The summed E-state index contributed by atoms with van der Waals surface area (Å²) in [6.45, 7) is 0. The highest BCUT2D eigenvalue weighted by Gasteiger charge is 2.21. The highest BCUT2D eigenvalue weighted by molar-refractivity contribution is 6.09. The summed E-state index contributed by atoms with van der Waals surface area (Å²) in [6.07, 6.45) is 3.99. The molecule has 2 aromatic carbocycles. The minimum Gasteiger partial charge on any atom is -0.288 e. The summed E-state index contributed by atoms with van der Waals surface area (Å²) in [4.78, 5) is 12.3. The SMILES string of the molecule is O=C(c1ccc2c(c1)CCCC2)c1c(F)cc(F)cc1F. The molecule has 0 aliphatic heterocycles. The van der Waals surface area contributed by atoms with Crippen LogP contribution in [0.3, 0.4) is 0 Å². The largest absolute Gasteiger partial charge is 0.288 e. The van der Waals surface area contributed by atoms with E-state index in [4.69, 9.17) is 0 Å². The van der Waals surface area contributed by atoms with Crippen molar-refractivity contribution in [1.82, 2.24) is 0 Å². The van der Waals surface area contributed by atoms with Crippen LogP contribution in [0, 0.1) is 17.5 Å². The Morgan fingerprint density at radius 3 is 2.14 bits per heavy atom. The molecule has 4 heteroatoms. The molecular weight excluding hydrogens is 277 g/mol. The van der Waals surface area contributed by atoms with Gasteiger partial charge < -0.3 is 0 Å². The van der Waals surface area contributed by atoms with Crippen LogP contribution >= 0.6 is 0 Å². The molecule has 0 saturated carbocycles. The van der Waals surface area contributed by atoms with Gasteiger partial charge in [0.15, 0.2) is 5.78 Å². The quantitative estimate of drug-likeness (QED) is 0.757. The van der Waals surface area contributed by atoms with Crippen molar-refractivity contribution in [2.75, 3.05) is 0 Å². The Morgan fingerprint density at radius 1 is 0.857 bits per heavy atom. The van der Waals surface area contributed by atoms with E-state index < -0.39 is 28.8 Å². The number of carbonyl (C=O) groups is 1. The van der Waals surface area contributed by atoms with E-state index in [2.05, 4.69) is 0 Å². The molecule has 0 spiro atoms. The molecule has 0 radical (unpaired) electrons. The number of rotatable bonds is 2. The summed E-state index contributed by atoms with van der Waals surface area (Å²) >= 11 is 0. The molecule has 0 fully saturated rings. The molecule has 1 aliphatic carbocycles. The van der Waals surface area contributed by atoms with Gasteiger partial charge in [0.05, 0.1) is 5.56 Å². The maximum absolute atomic E-state index is 13.7. The number of carbonyl (C=O) groups excluding carboxylic acids is 1. The topological polar surface area (TPSA) is 17.1 Å². The Morgan fingerprint density at radius 2 is 1.48 bits per heavy atom. The van der Waals surface area contributed by atoms with E-state index in [1.54, 1.807) is 12.1 Å². The molecule has 0 saturated heterocycles. The summed E-state index contributed by atoms with van der Waals surface area (Å²) in [5.74, 6) is -4.13. The second kappa shape index (κ2) is 5.35. The third-order valence-corrected chi connectivity index (χ3v) is 3.84. The first-order valence-electron chi connectivity index (χ1n) is 6.87. The molecule has 0 bridgehead atoms. The predicted octanol–water partition coefficient (Wildman–Crippen LogP) is 4.21. The molecule has 0 unspecified atom stereocenters. The molecule has 2 aromatic rings. The van der Waals surface area contributed by atoms with Gasteiger partial charge >= 0.3 is 0 Å². The van der Waals surface area contributed by atoms with Crippen LogP contribution in [0.5, 0.6) is 0 Å². The van der Waals surface area contributed by atoms with Crippen LogP contribution in [0.1, 0.15) is 39.9 Å². The lowest BCUT2D eigenvalue weighted by atomic mass is 9.89. The highest BCUT2D eigenvalue weighted by Crippen LogP contribution is 2.25. The van der Waals surface area contributed by atoms with Gasteiger partial charge in [-0.25, -0.2) is 13.2 Å². The number of benzene rings is 2. The zero-order valence-electron chi connectivity index (χ0n) is 11.3. The summed E-state index contributed by atoms with van der Waals surface area (Å²) in [5.41, 5.74) is 1.76. The van der Waals surface area contributed by atoms with Crippen LogP contribution in [0.2, 0.25) is 0 Å². The second-order valence-corrected chi connectivity index (χ2v) is 5.26. The third-order valence-electron chi connectivity index (χ3n) is 3.84. The first-order chi connectivity index (χ1) is 10.1. The van der Waals surface area contributed by atoms with E-state index in [1.165, 1.54) is 5.56 Å². The van der Waals surface area contributed by atoms with Crippen molar-refractivity contribution in [2.45, 2.75) is 25.7 Å². The van der Waals surface area contributed by atoms with E-state index in [-0.39, 0.29) is 5.56 Å². The van der Waals surface area contributed by atoms with Crippen molar-refractivity contribution >= 4 is 5.78 Å². The fourth-order valence-electron chi connectivity index (χ4n) is 2.78. The van der Waals surface area contributed by atoms with Crippen LogP contribution in [-0.2, 0) is 12.8 Å². The standard InChI is InChI=1S/C17H13F3O/c18-13-8-14(19)16(15(20)9-13)17(21)12-6-5-10-3-1-2-4-11(10)7-12/h5-9H,1-4H2. The lowest BCUT2D eigenvalue weighted by Crippen LogP contribution is -2.10. The molecule has 0 aromatic heterocycles. The van der Waals surface area contributed by atoms with Crippen molar-refractivity contribution in [2.24, 2.45) is 0 Å². The van der Waals surface area contributed by atoms with Gasteiger partial charge in [0, 0.05) is 17.7 Å². The number of fused-ring (bicyclic) bond motifs is 1. The van der Waals surface area contributed by atoms with Gasteiger partial charge in [0.2, 0.25) is 0 Å². The average Bonchev–Trinajstić information content (AvgIpc) is 2.45. The molecule has 0 N–H and O–H groups in total. The summed E-state index contributed by atoms with van der Waals surface area (Å²) in [5, 5.41) is 0. The van der Waals surface area contributed by atoms with Gasteiger partial charge in [0.25, 0.3) is 0 Å². The minimum atomic E-state index is -1.17. The predicted molar refractivity (Wildman–Crippen MR) is 72.8 cm³/mol. The van der Waals surface area contributed by atoms with E-state index in [1.807, 2.05) is 6.07 Å². The van der Waals surface area contributed by atoms with Crippen LogP contribution in [0.15, 0.2) is 30.3 Å². The number of ketones is 1. The van der Waals surface area contributed by atoms with Crippen molar-refractivity contribution in [3.63, 3.8) is 0 Å². The van der Waals surface area contributed by atoms with Crippen LogP contribution in [0.4, 0.5) is 13.2 Å². The van der Waals surface area contributed by atoms with Gasteiger partial charge in [-0.05, 0) is 42.9 Å². The molecule has 0 atom stereocenters. The van der Waals surface area contributed by atoms with Crippen LogP contribution in [0.25, 0.3) is 0 Å². The Hall–Kier alpha value is -2.10. The van der Waals surface area contributed by atoms with Crippen molar-refractivity contribution in [1.29, 1.82) is 0 Å². The minimum absolute atomic E-state index is 0.236. The summed E-state index contributed by atoms with van der Waals surface area (Å²) in [6, 6.07) is 6.15. The number of aryl methyl sites for hydroxylation is 2. The highest BCUT2D eigenvalue weighted by atomic mass is 19.1. The smallest absolute Gasteiger partial charge is 0.198 e. The molecule has 108 valence electrons. The van der Waals surface area contributed by atoms with E-state index in [9.17, 15) is 18.0 Å². The molecular formula is C17H13F3O. The van der Waals surface area contributed by atoms with Gasteiger partial charge in [-0.1, -0.05) is 12.1 Å². The molecule has 21 heavy (non-hydrogen) atoms. The molecule has 1 nitrogen and oxygen atoms in total. The average molecular weight is 290 g/mol. The van der Waals surface area contributed by atoms with E-state index >= 15 is 0 Å². The van der Waals surface area contributed by atoms with Crippen LogP contribution in [-0.4, -0.2) is 5.78 Å². The van der Waals surface area contributed by atoms with E-state index in [0.717, 1.165) is 31.2 Å². The van der Waals surface area contributed by atoms with E-state index in [0.29, 0.717) is 12.1 Å². The van der Waals surface area contributed by atoms with Gasteiger partial charge in [0.1, 0.15) is 17.5 Å². The Balaban J connectivity index is 2.03. The zero-order chi connectivity index (χ0) is 15.0. The van der Waals surface area contributed by atoms with Gasteiger partial charge in [-0.3, -0.25) is 4.79 Å². The first kappa shape index (κ1) is 13.9. The molecule has 0 heterocycles. The summed E-state index contributed by atoms with van der Waals surface area (Å²) < 4.78 is 40.3. The molecule has 0 amide bonds. The Bertz CT molecular complexity index is 699. The van der Waals surface area contributed by atoms with Gasteiger partial charge in [-0.15, -0.1) is 0 Å². The normalized spacial score (nSPS) is 13.9. The fourth-order valence-corrected chi connectivity index (χ4v) is 2.78. The molecule has 1 aliphatic rings. The van der Waals surface area contributed by atoms with Crippen LogP contribution < -0.4 is 0 Å². The number of hydrogen-bond donors (Lipinski definition) is 0. The Kier molecular flexibility index (Phi) is 3.53. The third kappa shape index (κ3) is 2.58. The maximum Gasteiger partial charge on any atom is 0.198 e. The zero-order valence-corrected chi connectivity index (χ0v) is 11.3. The number of hydrogen-bond acceptors (Lipinski definition) is 1. The monoisotopic (exact) mass is 290 g/mol. The fraction of sp³-hybridized carbons (Fsp3) is 0.235. The summed E-state index contributed by atoms with van der Waals surface area (Å²) in [7, 11) is 0. The Labute approximate surface area is 120 Å². The second-order valence-electron chi connectivity index (χ2n) is 5.26. The lowest BCUT2D eigenvalue weighted by Gasteiger charge is -2.16. The van der Waals surface area contributed by atoms with Gasteiger partial charge in [-0.2, -0.15) is 0 Å².